The van der Waals surface area contributed by atoms with Crippen molar-refractivity contribution in [2.45, 2.75) is 0 Å². The summed E-state index contributed by atoms with van der Waals surface area (Å²) in [6, 6.07) is 4.97. The van der Waals surface area contributed by atoms with E-state index in [1.54, 1.807) is 12.1 Å². The van der Waals surface area contributed by atoms with Crippen molar-refractivity contribution in [3.63, 3.8) is 0 Å². The van der Waals surface area contributed by atoms with Gasteiger partial charge >= 0.3 is 0 Å². The van der Waals surface area contributed by atoms with Gasteiger partial charge in [0.1, 0.15) is 11.6 Å². The van der Waals surface area contributed by atoms with E-state index in [1.165, 1.54) is 6.07 Å². The molecule has 0 spiro atoms. The molecule has 0 fully saturated rings. The number of nitrogens with two attached hydrogens (primary N) is 1. The summed E-state index contributed by atoms with van der Waals surface area (Å²) in [7, 11) is 0. The van der Waals surface area contributed by atoms with Crippen LogP contribution in [0.1, 0.15) is 0 Å². The fourth-order valence-corrected chi connectivity index (χ4v) is 2.11. The molecule has 0 aliphatic carbocycles. The van der Waals surface area contributed by atoms with Crippen molar-refractivity contribution in [1.82, 2.24) is 19.9 Å². The number of rotatable bonds is 1. The second kappa shape index (κ2) is 4.09. The number of benzene rings is 1. The van der Waals surface area contributed by atoms with Crippen LogP contribution in [0.3, 0.4) is 0 Å². The molecular formula is C11H8BrN5O2. The summed E-state index contributed by atoms with van der Waals surface area (Å²) in [5, 5.41) is 9.87. The maximum Gasteiger partial charge on any atom is 0.278 e. The fraction of sp³-hybridized carbons (Fsp3) is 0. The lowest BCUT2D eigenvalue weighted by molar-refractivity contribution is 0.476. The molecule has 0 aliphatic rings. The summed E-state index contributed by atoms with van der Waals surface area (Å²) >= 11 is 3.25. The van der Waals surface area contributed by atoms with Gasteiger partial charge in [0.05, 0.1) is 5.56 Å². The molecule has 5 N–H and O–H groups in total. The highest BCUT2D eigenvalue weighted by Gasteiger charge is 2.13. The summed E-state index contributed by atoms with van der Waals surface area (Å²) in [6.45, 7) is 0. The van der Waals surface area contributed by atoms with Crippen molar-refractivity contribution in [2.24, 2.45) is 0 Å². The summed E-state index contributed by atoms with van der Waals surface area (Å²) < 4.78 is 0.741. The lowest BCUT2D eigenvalue weighted by Crippen LogP contribution is -2.10. The van der Waals surface area contributed by atoms with Gasteiger partial charge in [0.25, 0.3) is 5.56 Å². The number of fused-ring (bicyclic) bond motifs is 1. The van der Waals surface area contributed by atoms with Crippen LogP contribution in [0.4, 0.5) is 5.95 Å². The first-order valence-electron chi connectivity index (χ1n) is 5.29. The minimum absolute atomic E-state index is 0.00409. The summed E-state index contributed by atoms with van der Waals surface area (Å²) in [5.41, 5.74) is 5.93. The Balaban J connectivity index is 2.26. The van der Waals surface area contributed by atoms with E-state index in [4.69, 9.17) is 5.73 Å². The lowest BCUT2D eigenvalue weighted by atomic mass is 10.2. The van der Waals surface area contributed by atoms with E-state index in [2.05, 4.69) is 35.9 Å². The highest BCUT2D eigenvalue weighted by atomic mass is 79.9. The Hall–Kier alpha value is -2.35. The number of hydrogen-bond donors (Lipinski definition) is 4. The molecule has 1 aromatic carbocycles. The predicted molar refractivity (Wildman–Crippen MR) is 73.7 cm³/mol. The van der Waals surface area contributed by atoms with Crippen LogP contribution < -0.4 is 11.3 Å². The average Bonchev–Trinajstić information content (AvgIpc) is 2.72. The van der Waals surface area contributed by atoms with Gasteiger partial charge in [0, 0.05) is 4.47 Å². The van der Waals surface area contributed by atoms with Gasteiger partial charge in [-0.1, -0.05) is 15.9 Å². The van der Waals surface area contributed by atoms with Gasteiger partial charge in [-0.25, -0.2) is 4.98 Å². The normalized spacial score (nSPS) is 11.0. The second-order valence-corrected chi connectivity index (χ2v) is 4.81. The topological polar surface area (TPSA) is 121 Å². The van der Waals surface area contributed by atoms with Crippen molar-refractivity contribution in [1.29, 1.82) is 0 Å². The van der Waals surface area contributed by atoms with Crippen LogP contribution >= 0.6 is 15.9 Å². The van der Waals surface area contributed by atoms with Crippen molar-refractivity contribution in [2.75, 3.05) is 5.73 Å². The van der Waals surface area contributed by atoms with Gasteiger partial charge in [-0.3, -0.25) is 9.78 Å². The molecule has 0 saturated carbocycles. The number of nitrogens with zero attached hydrogens (tertiary/aromatic N) is 2. The molecule has 19 heavy (non-hydrogen) atoms. The number of nitrogen functional groups attached to an aromatic ring is 1. The molecule has 2 aromatic heterocycles. The Morgan fingerprint density at radius 3 is 2.79 bits per heavy atom. The van der Waals surface area contributed by atoms with E-state index in [9.17, 15) is 9.90 Å². The molecule has 0 radical (unpaired) electrons. The van der Waals surface area contributed by atoms with E-state index in [0.29, 0.717) is 11.4 Å². The maximum absolute atomic E-state index is 11.7. The molecule has 7 nitrogen and oxygen atoms in total. The van der Waals surface area contributed by atoms with Gasteiger partial charge in [0.2, 0.25) is 5.95 Å². The Morgan fingerprint density at radius 1 is 1.26 bits per heavy atom. The fourth-order valence-electron chi connectivity index (χ4n) is 1.76. The summed E-state index contributed by atoms with van der Waals surface area (Å²) in [5.74, 6) is 0.386. The SMILES string of the molecule is Nc1nc2nc(-c3ccc(Br)cc3O)[nH]c2c(=O)[nH]1. The smallest absolute Gasteiger partial charge is 0.278 e. The molecule has 8 heteroatoms. The zero-order chi connectivity index (χ0) is 13.6. The first-order chi connectivity index (χ1) is 9.04. The van der Waals surface area contributed by atoms with Gasteiger partial charge < -0.3 is 15.8 Å². The Kier molecular flexibility index (Phi) is 2.53. The highest BCUT2D eigenvalue weighted by molar-refractivity contribution is 9.10. The minimum Gasteiger partial charge on any atom is -0.507 e. The molecule has 2 heterocycles. The molecular weight excluding hydrogens is 314 g/mol. The number of phenols is 1. The van der Waals surface area contributed by atoms with E-state index in [0.717, 1.165) is 4.47 Å². The van der Waals surface area contributed by atoms with Crippen molar-refractivity contribution >= 4 is 33.0 Å². The van der Waals surface area contributed by atoms with E-state index < -0.39 is 5.56 Å². The molecule has 0 bridgehead atoms. The molecule has 0 amide bonds. The number of H-pyrrole nitrogens is 2. The number of anilines is 1. The van der Waals surface area contributed by atoms with Crippen LogP contribution in [0, 0.1) is 0 Å². The number of hydrogen-bond acceptors (Lipinski definition) is 5. The van der Waals surface area contributed by atoms with Gasteiger partial charge in [-0.15, -0.1) is 0 Å². The van der Waals surface area contributed by atoms with Crippen LogP contribution in [-0.2, 0) is 0 Å². The first-order valence-corrected chi connectivity index (χ1v) is 6.08. The van der Waals surface area contributed by atoms with Crippen LogP contribution in [-0.4, -0.2) is 25.0 Å². The first kappa shape index (κ1) is 11.7. The zero-order valence-corrected chi connectivity index (χ0v) is 11.0. The van der Waals surface area contributed by atoms with Crippen LogP contribution in [0.25, 0.3) is 22.6 Å². The maximum atomic E-state index is 11.7. The van der Waals surface area contributed by atoms with Crippen molar-refractivity contribution in [3.8, 4) is 17.1 Å². The summed E-state index contributed by atoms with van der Waals surface area (Å²) in [6.07, 6.45) is 0. The number of phenolic OH excluding ortho intramolecular Hbond substituents is 1. The van der Waals surface area contributed by atoms with Gasteiger partial charge in [-0.05, 0) is 18.2 Å². The van der Waals surface area contributed by atoms with E-state index >= 15 is 0 Å². The third-order valence-electron chi connectivity index (χ3n) is 2.59. The molecule has 96 valence electrons. The largest absolute Gasteiger partial charge is 0.507 e. The van der Waals surface area contributed by atoms with E-state index in [1.807, 2.05) is 0 Å². The standard InChI is InChI=1S/C11H8BrN5O2/c12-4-1-2-5(6(18)3-4)8-14-7-9(15-8)16-11(13)17-10(7)19/h1-3,18H,(H4,13,14,15,16,17,19). The predicted octanol–water partition coefficient (Wildman–Crippen LogP) is 1.36. The number of imidazole rings is 1. The van der Waals surface area contributed by atoms with Gasteiger partial charge in [0.15, 0.2) is 11.2 Å². The second-order valence-electron chi connectivity index (χ2n) is 3.90. The minimum atomic E-state index is -0.405. The van der Waals surface area contributed by atoms with Crippen LogP contribution in [0.5, 0.6) is 5.75 Å². The van der Waals surface area contributed by atoms with Gasteiger partial charge in [-0.2, -0.15) is 4.98 Å². The summed E-state index contributed by atoms with van der Waals surface area (Å²) in [4.78, 5) is 24.9. The van der Waals surface area contributed by atoms with E-state index in [-0.39, 0.29) is 22.9 Å². The number of aromatic nitrogens is 4. The third-order valence-corrected chi connectivity index (χ3v) is 3.09. The van der Waals surface area contributed by atoms with Crippen LogP contribution in [0.2, 0.25) is 0 Å². The number of aromatic amines is 2. The molecule has 3 aromatic rings. The quantitative estimate of drug-likeness (QED) is 0.539. The monoisotopic (exact) mass is 321 g/mol. The number of halogens is 1. The Labute approximate surface area is 114 Å². The lowest BCUT2D eigenvalue weighted by Gasteiger charge is -2.00. The highest BCUT2D eigenvalue weighted by Crippen LogP contribution is 2.30. The Morgan fingerprint density at radius 2 is 2.05 bits per heavy atom. The van der Waals surface area contributed by atoms with Crippen molar-refractivity contribution < 1.29 is 5.11 Å². The Bertz CT molecular complexity index is 839. The number of nitrogens with one attached hydrogen (secondary N) is 2. The molecule has 0 unspecified atom stereocenters. The molecule has 0 saturated heterocycles. The molecule has 3 rings (SSSR count). The van der Waals surface area contributed by atoms with Crippen molar-refractivity contribution in [3.05, 3.63) is 33.0 Å². The molecule has 0 aliphatic heterocycles. The molecule has 0 atom stereocenters. The number of aromatic hydroxyl groups is 1. The van der Waals surface area contributed by atoms with Crippen LogP contribution in [0.15, 0.2) is 27.5 Å². The average molecular weight is 322 g/mol. The zero-order valence-electron chi connectivity index (χ0n) is 9.44. The third kappa shape index (κ3) is 1.95.